The molecule has 0 aliphatic rings. The number of amides is 1. The lowest BCUT2D eigenvalue weighted by Crippen LogP contribution is -2.26. The van der Waals surface area contributed by atoms with Gasteiger partial charge in [0.15, 0.2) is 5.69 Å². The van der Waals surface area contributed by atoms with E-state index in [1.54, 1.807) is 13.2 Å². The zero-order valence-corrected chi connectivity index (χ0v) is 9.85. The summed E-state index contributed by atoms with van der Waals surface area (Å²) in [6, 6.07) is 0. The van der Waals surface area contributed by atoms with E-state index in [1.165, 1.54) is 4.68 Å². The van der Waals surface area contributed by atoms with Crippen LogP contribution in [0.25, 0.3) is 0 Å². The first-order valence-electron chi connectivity index (χ1n) is 5.41. The number of hydrogen-bond acceptors (Lipinski definition) is 5. The Balaban J connectivity index is 2.23. The summed E-state index contributed by atoms with van der Waals surface area (Å²) in [7, 11) is 1.70. The predicted octanol–water partition coefficient (Wildman–Crippen LogP) is -0.869. The van der Waals surface area contributed by atoms with Gasteiger partial charge in [0, 0.05) is 26.4 Å². The fourth-order valence-electron chi connectivity index (χ4n) is 1.31. The minimum atomic E-state index is -0.287. The van der Waals surface area contributed by atoms with Gasteiger partial charge < -0.3 is 20.9 Å². The van der Waals surface area contributed by atoms with Crippen molar-refractivity contribution < 1.29 is 14.6 Å². The van der Waals surface area contributed by atoms with Gasteiger partial charge in [0.1, 0.15) is 0 Å². The normalized spacial score (nSPS) is 10.5. The van der Waals surface area contributed by atoms with E-state index >= 15 is 0 Å². The molecule has 1 heterocycles. The number of carbonyl (C=O) groups excluding carboxylic acids is 1. The summed E-state index contributed by atoms with van der Waals surface area (Å²) in [6.45, 7) is 1.32. The molecule has 4 N–H and O–H groups in total. The second-order valence-electron chi connectivity index (χ2n) is 3.55. The number of hydrogen-bond donors (Lipinski definition) is 3. The van der Waals surface area contributed by atoms with Crippen LogP contribution in [0.1, 0.15) is 16.9 Å². The number of anilines is 1. The van der Waals surface area contributed by atoms with Crippen LogP contribution >= 0.6 is 0 Å². The Morgan fingerprint density at radius 1 is 1.65 bits per heavy atom. The van der Waals surface area contributed by atoms with Gasteiger partial charge in [0.2, 0.25) is 0 Å². The standard InChI is InChI=1S/C10H18N4O3/c1-14-7-8(11)9(13-14)10(16)12-3-2-5-17-6-4-15/h7,15H,2-6,11H2,1H3,(H,12,16). The number of nitrogens with zero attached hydrogens (tertiary/aromatic N) is 2. The summed E-state index contributed by atoms with van der Waals surface area (Å²) in [5.74, 6) is -0.287. The van der Waals surface area contributed by atoms with Gasteiger partial charge >= 0.3 is 0 Å². The molecule has 0 fully saturated rings. The quantitative estimate of drug-likeness (QED) is 0.539. The average molecular weight is 242 g/mol. The molecule has 0 bridgehead atoms. The number of aromatic nitrogens is 2. The van der Waals surface area contributed by atoms with E-state index in [4.69, 9.17) is 15.6 Å². The minimum absolute atomic E-state index is 0.0107. The zero-order chi connectivity index (χ0) is 12.7. The van der Waals surface area contributed by atoms with Crippen molar-refractivity contribution in [3.63, 3.8) is 0 Å². The van der Waals surface area contributed by atoms with Crippen molar-refractivity contribution in [2.45, 2.75) is 6.42 Å². The van der Waals surface area contributed by atoms with Crippen molar-refractivity contribution in [3.05, 3.63) is 11.9 Å². The van der Waals surface area contributed by atoms with Gasteiger partial charge in [0.05, 0.1) is 18.9 Å². The molecule has 0 aliphatic carbocycles. The molecule has 0 aromatic carbocycles. The number of rotatable bonds is 7. The maximum atomic E-state index is 11.6. The number of nitrogen functional groups attached to an aromatic ring is 1. The molecule has 96 valence electrons. The van der Waals surface area contributed by atoms with Crippen molar-refractivity contribution in [1.82, 2.24) is 15.1 Å². The Bertz CT molecular complexity index is 364. The molecule has 1 aromatic rings. The van der Waals surface area contributed by atoms with Crippen LogP contribution in [-0.4, -0.2) is 47.2 Å². The molecule has 1 aromatic heterocycles. The second kappa shape index (κ2) is 6.87. The molecule has 7 nitrogen and oxygen atoms in total. The average Bonchev–Trinajstić information content (AvgIpc) is 2.62. The van der Waals surface area contributed by atoms with Crippen LogP contribution in [0.3, 0.4) is 0 Å². The molecule has 17 heavy (non-hydrogen) atoms. The fraction of sp³-hybridized carbons (Fsp3) is 0.600. The van der Waals surface area contributed by atoms with Gasteiger partial charge in [-0.15, -0.1) is 0 Å². The Morgan fingerprint density at radius 3 is 3.00 bits per heavy atom. The molecule has 0 aliphatic heterocycles. The molecule has 0 saturated heterocycles. The van der Waals surface area contributed by atoms with Crippen molar-refractivity contribution >= 4 is 11.6 Å². The summed E-state index contributed by atoms with van der Waals surface area (Å²) in [4.78, 5) is 11.6. The summed E-state index contributed by atoms with van der Waals surface area (Å²) in [6.07, 6.45) is 2.26. The van der Waals surface area contributed by atoms with Gasteiger partial charge in [-0.2, -0.15) is 5.10 Å². The fourth-order valence-corrected chi connectivity index (χ4v) is 1.31. The van der Waals surface area contributed by atoms with E-state index < -0.39 is 0 Å². The lowest BCUT2D eigenvalue weighted by Gasteiger charge is -2.04. The summed E-state index contributed by atoms with van der Waals surface area (Å²) in [5.41, 5.74) is 6.22. The number of nitrogens with one attached hydrogen (secondary N) is 1. The Morgan fingerprint density at radius 2 is 2.41 bits per heavy atom. The molecule has 0 unspecified atom stereocenters. The number of nitrogens with two attached hydrogens (primary N) is 1. The van der Waals surface area contributed by atoms with E-state index in [0.717, 1.165) is 0 Å². The lowest BCUT2D eigenvalue weighted by atomic mass is 10.3. The number of aliphatic hydroxyl groups is 1. The molecular weight excluding hydrogens is 224 g/mol. The first-order valence-corrected chi connectivity index (χ1v) is 5.41. The van der Waals surface area contributed by atoms with E-state index in [9.17, 15) is 4.79 Å². The van der Waals surface area contributed by atoms with Crippen LogP contribution in [0.4, 0.5) is 5.69 Å². The van der Waals surface area contributed by atoms with E-state index in [-0.39, 0.29) is 18.2 Å². The van der Waals surface area contributed by atoms with E-state index in [0.29, 0.717) is 31.9 Å². The van der Waals surface area contributed by atoms with Gasteiger partial charge in [0.25, 0.3) is 5.91 Å². The third kappa shape index (κ3) is 4.41. The Labute approximate surface area is 99.6 Å². The van der Waals surface area contributed by atoms with Crippen LogP contribution in [0.5, 0.6) is 0 Å². The summed E-state index contributed by atoms with van der Waals surface area (Å²) < 4.78 is 6.55. The molecule has 0 atom stereocenters. The number of aliphatic hydroxyl groups excluding tert-OH is 1. The molecule has 0 radical (unpaired) electrons. The molecule has 0 saturated carbocycles. The largest absolute Gasteiger partial charge is 0.396 e. The highest BCUT2D eigenvalue weighted by Gasteiger charge is 2.12. The van der Waals surface area contributed by atoms with Crippen molar-refractivity contribution in [2.75, 3.05) is 32.1 Å². The minimum Gasteiger partial charge on any atom is -0.396 e. The first kappa shape index (κ1) is 13.5. The Hall–Kier alpha value is -1.60. The third-order valence-electron chi connectivity index (χ3n) is 2.06. The van der Waals surface area contributed by atoms with E-state index in [2.05, 4.69) is 10.4 Å². The summed E-state index contributed by atoms with van der Waals surface area (Å²) in [5, 5.41) is 15.1. The van der Waals surface area contributed by atoms with Gasteiger partial charge in [-0.25, -0.2) is 0 Å². The van der Waals surface area contributed by atoms with Crippen LogP contribution < -0.4 is 11.1 Å². The molecule has 1 amide bonds. The lowest BCUT2D eigenvalue weighted by molar-refractivity contribution is 0.0866. The van der Waals surface area contributed by atoms with Crippen LogP contribution in [-0.2, 0) is 11.8 Å². The highest BCUT2D eigenvalue weighted by molar-refractivity contribution is 5.96. The third-order valence-corrected chi connectivity index (χ3v) is 2.06. The van der Waals surface area contributed by atoms with E-state index in [1.807, 2.05) is 0 Å². The van der Waals surface area contributed by atoms with Crippen molar-refractivity contribution in [2.24, 2.45) is 7.05 Å². The van der Waals surface area contributed by atoms with Crippen LogP contribution in [0, 0.1) is 0 Å². The van der Waals surface area contributed by atoms with Crippen LogP contribution in [0.2, 0.25) is 0 Å². The van der Waals surface area contributed by atoms with Gasteiger partial charge in [-0.05, 0) is 6.42 Å². The summed E-state index contributed by atoms with van der Waals surface area (Å²) >= 11 is 0. The highest BCUT2D eigenvalue weighted by atomic mass is 16.5. The number of carbonyl (C=O) groups is 1. The van der Waals surface area contributed by atoms with Crippen molar-refractivity contribution in [3.8, 4) is 0 Å². The number of aryl methyl sites for hydroxylation is 1. The monoisotopic (exact) mass is 242 g/mol. The van der Waals surface area contributed by atoms with Crippen LogP contribution in [0.15, 0.2) is 6.20 Å². The topological polar surface area (TPSA) is 102 Å². The first-order chi connectivity index (χ1) is 8.15. The second-order valence-corrected chi connectivity index (χ2v) is 3.55. The van der Waals surface area contributed by atoms with Gasteiger partial charge in [-0.1, -0.05) is 0 Å². The molecule has 1 rings (SSSR count). The van der Waals surface area contributed by atoms with Crippen molar-refractivity contribution in [1.29, 1.82) is 0 Å². The highest BCUT2D eigenvalue weighted by Crippen LogP contribution is 2.07. The molecular formula is C10H18N4O3. The Kier molecular flexibility index (Phi) is 5.44. The predicted molar refractivity (Wildman–Crippen MR) is 62.5 cm³/mol. The molecule has 7 heteroatoms. The maximum absolute atomic E-state index is 11.6. The SMILES string of the molecule is Cn1cc(N)c(C(=O)NCCCOCCO)n1. The zero-order valence-electron chi connectivity index (χ0n) is 9.85. The van der Waals surface area contributed by atoms with Gasteiger partial charge in [-0.3, -0.25) is 9.48 Å². The maximum Gasteiger partial charge on any atom is 0.273 e. The molecule has 0 spiro atoms. The number of ether oxygens (including phenoxy) is 1. The smallest absolute Gasteiger partial charge is 0.273 e.